The first-order chi connectivity index (χ1) is 10.8. The van der Waals surface area contributed by atoms with Crippen LogP contribution in [0.5, 0.6) is 0 Å². The van der Waals surface area contributed by atoms with Crippen LogP contribution in [0, 0.1) is 5.92 Å². The molecular weight excluding hydrogens is 322 g/mol. The summed E-state index contributed by atoms with van der Waals surface area (Å²) in [5.41, 5.74) is -0.196. The number of aliphatic imine (C=N–C) groups is 1. The van der Waals surface area contributed by atoms with E-state index in [1.165, 1.54) is 11.8 Å². The third-order valence-electron chi connectivity index (χ3n) is 4.23. The number of amides is 1. The zero-order valence-electron chi connectivity index (χ0n) is 12.9. The van der Waals surface area contributed by atoms with Crippen molar-refractivity contribution in [1.82, 2.24) is 5.32 Å². The number of hydrogen-bond donors (Lipinski definition) is 1. The van der Waals surface area contributed by atoms with Crippen molar-refractivity contribution in [3.8, 4) is 0 Å². The molecule has 4 nitrogen and oxygen atoms in total. The number of ether oxygens (including phenoxy) is 1. The number of fused-ring (bicyclic) bond motifs is 1. The summed E-state index contributed by atoms with van der Waals surface area (Å²) in [5.74, 6) is -3.08. The van der Waals surface area contributed by atoms with Gasteiger partial charge in [-0.3, -0.25) is 9.79 Å². The Bertz CT molecular complexity index is 633. The van der Waals surface area contributed by atoms with Crippen molar-refractivity contribution < 1.29 is 18.3 Å². The fourth-order valence-corrected chi connectivity index (χ4v) is 4.25. The molecule has 2 aliphatic heterocycles. The Kier molecular flexibility index (Phi) is 4.18. The van der Waals surface area contributed by atoms with E-state index in [4.69, 9.17) is 4.74 Å². The molecular formula is C16H18F2N2O2S. The molecule has 1 N–H and O–H groups in total. The van der Waals surface area contributed by atoms with Gasteiger partial charge >= 0.3 is 0 Å². The van der Waals surface area contributed by atoms with Crippen LogP contribution >= 0.6 is 11.8 Å². The highest BCUT2D eigenvalue weighted by atomic mass is 32.2. The maximum atomic E-state index is 13.6. The second-order valence-corrected chi connectivity index (χ2v) is 7.21. The molecule has 1 aromatic carbocycles. The molecule has 1 aromatic rings. The van der Waals surface area contributed by atoms with Crippen LogP contribution in [-0.4, -0.2) is 41.0 Å². The standard InChI is InChI=1S/C16H18F2N2O2S/c1-15-9-22-12(16(2,17)18)11(15)8-23-14(20-15)19-13(21)10-6-4-3-5-7-10/h3-7,11-12H,8-9H2,1-2H3,(H,19,20,21)/t11-,12+,15+/m1/s1. The van der Waals surface area contributed by atoms with Gasteiger partial charge in [-0.05, 0) is 19.1 Å². The maximum Gasteiger partial charge on any atom is 0.271 e. The Morgan fingerprint density at radius 2 is 2.13 bits per heavy atom. The normalized spacial score (nSPS) is 30.5. The van der Waals surface area contributed by atoms with E-state index < -0.39 is 17.6 Å². The lowest BCUT2D eigenvalue weighted by atomic mass is 9.85. The van der Waals surface area contributed by atoms with Crippen molar-refractivity contribution in [2.45, 2.75) is 31.4 Å². The molecule has 0 spiro atoms. The van der Waals surface area contributed by atoms with E-state index in [1.54, 1.807) is 31.2 Å². The molecule has 0 bridgehead atoms. The first-order valence-corrected chi connectivity index (χ1v) is 8.37. The number of amidine groups is 1. The van der Waals surface area contributed by atoms with Gasteiger partial charge in [0.15, 0.2) is 5.17 Å². The minimum atomic E-state index is -2.90. The molecule has 3 atom stereocenters. The molecule has 0 aliphatic carbocycles. The minimum Gasteiger partial charge on any atom is -0.369 e. The summed E-state index contributed by atoms with van der Waals surface area (Å²) in [4.78, 5) is 16.7. The molecule has 0 radical (unpaired) electrons. The number of hydrogen-bond acceptors (Lipinski definition) is 4. The molecule has 0 saturated carbocycles. The number of nitrogens with zero attached hydrogens (tertiary/aromatic N) is 1. The predicted molar refractivity (Wildman–Crippen MR) is 86.1 cm³/mol. The molecule has 2 heterocycles. The van der Waals surface area contributed by atoms with E-state index in [0.717, 1.165) is 6.92 Å². The number of carbonyl (C=O) groups excluding carboxylic acids is 1. The van der Waals surface area contributed by atoms with Gasteiger partial charge in [-0.1, -0.05) is 30.0 Å². The van der Waals surface area contributed by atoms with Crippen molar-refractivity contribution >= 4 is 22.8 Å². The van der Waals surface area contributed by atoms with Gasteiger partial charge < -0.3 is 10.1 Å². The second-order valence-electron chi connectivity index (χ2n) is 6.20. The van der Waals surface area contributed by atoms with Crippen LogP contribution in [0.25, 0.3) is 0 Å². The van der Waals surface area contributed by atoms with Crippen molar-refractivity contribution in [2.75, 3.05) is 12.4 Å². The lowest BCUT2D eigenvalue weighted by Gasteiger charge is -2.34. The molecule has 2 aliphatic rings. The summed E-state index contributed by atoms with van der Waals surface area (Å²) < 4.78 is 32.6. The van der Waals surface area contributed by atoms with Gasteiger partial charge in [0.2, 0.25) is 0 Å². The van der Waals surface area contributed by atoms with Crippen LogP contribution in [0.2, 0.25) is 0 Å². The lowest BCUT2D eigenvalue weighted by molar-refractivity contribution is -0.113. The highest BCUT2D eigenvalue weighted by Gasteiger charge is 2.56. The molecule has 124 valence electrons. The number of nitrogens with one attached hydrogen (secondary N) is 1. The van der Waals surface area contributed by atoms with Crippen molar-refractivity contribution in [2.24, 2.45) is 10.9 Å². The van der Waals surface area contributed by atoms with Crippen LogP contribution in [0.1, 0.15) is 24.2 Å². The summed E-state index contributed by atoms with van der Waals surface area (Å²) in [5, 5.41) is 3.22. The van der Waals surface area contributed by atoms with Gasteiger partial charge in [0.1, 0.15) is 6.10 Å². The van der Waals surface area contributed by atoms with E-state index in [-0.39, 0.29) is 18.4 Å². The molecule has 0 aromatic heterocycles. The molecule has 23 heavy (non-hydrogen) atoms. The quantitative estimate of drug-likeness (QED) is 0.900. The Hall–Kier alpha value is -1.47. The van der Waals surface area contributed by atoms with E-state index in [9.17, 15) is 13.6 Å². The zero-order chi connectivity index (χ0) is 16.7. The SMILES string of the molecule is CC(F)(F)[C@H]1OC[C@]2(C)N=C(NC(=O)c3ccccc3)SC[C@H]12. The van der Waals surface area contributed by atoms with E-state index in [2.05, 4.69) is 10.3 Å². The topological polar surface area (TPSA) is 50.7 Å². The Morgan fingerprint density at radius 3 is 2.78 bits per heavy atom. The molecule has 1 fully saturated rings. The number of thioether (sulfide) groups is 1. The third kappa shape index (κ3) is 3.26. The summed E-state index contributed by atoms with van der Waals surface area (Å²) in [6, 6.07) is 8.80. The van der Waals surface area contributed by atoms with Crippen molar-refractivity contribution in [3.05, 3.63) is 35.9 Å². The average molecular weight is 340 g/mol. The number of alkyl halides is 2. The Labute approximate surface area is 137 Å². The third-order valence-corrected chi connectivity index (χ3v) is 5.22. The largest absolute Gasteiger partial charge is 0.369 e. The maximum absolute atomic E-state index is 13.6. The summed E-state index contributed by atoms with van der Waals surface area (Å²) >= 11 is 1.29. The number of carbonyl (C=O) groups is 1. The Balaban J connectivity index is 1.75. The highest BCUT2D eigenvalue weighted by Crippen LogP contribution is 2.45. The average Bonchev–Trinajstić information content (AvgIpc) is 2.84. The Morgan fingerprint density at radius 1 is 1.43 bits per heavy atom. The molecule has 1 saturated heterocycles. The van der Waals surface area contributed by atoms with E-state index in [0.29, 0.717) is 16.5 Å². The predicted octanol–water partition coefficient (Wildman–Crippen LogP) is 2.95. The lowest BCUT2D eigenvalue weighted by Crippen LogP contribution is -2.47. The number of halogens is 2. The molecule has 0 unspecified atom stereocenters. The fraction of sp³-hybridized carbons (Fsp3) is 0.500. The second kappa shape index (κ2) is 5.87. The van der Waals surface area contributed by atoms with Crippen LogP contribution in [0.15, 0.2) is 35.3 Å². The highest BCUT2D eigenvalue weighted by molar-refractivity contribution is 8.13. The van der Waals surface area contributed by atoms with Gasteiger partial charge in [0, 0.05) is 24.2 Å². The molecule has 7 heteroatoms. The van der Waals surface area contributed by atoms with Gasteiger partial charge in [0.05, 0.1) is 12.1 Å². The zero-order valence-corrected chi connectivity index (χ0v) is 13.7. The van der Waals surface area contributed by atoms with Gasteiger partial charge in [0.25, 0.3) is 11.8 Å². The minimum absolute atomic E-state index is 0.136. The smallest absolute Gasteiger partial charge is 0.271 e. The summed E-state index contributed by atoms with van der Waals surface area (Å²) in [6.07, 6.45) is -1.13. The molecule has 3 rings (SSSR count). The first kappa shape index (κ1) is 16.4. The van der Waals surface area contributed by atoms with Gasteiger partial charge in [-0.15, -0.1) is 0 Å². The van der Waals surface area contributed by atoms with E-state index in [1.807, 2.05) is 6.07 Å². The summed E-state index contributed by atoms with van der Waals surface area (Å²) in [6.45, 7) is 2.82. The van der Waals surface area contributed by atoms with Gasteiger partial charge in [-0.25, -0.2) is 8.78 Å². The van der Waals surface area contributed by atoms with Crippen molar-refractivity contribution in [1.29, 1.82) is 0 Å². The van der Waals surface area contributed by atoms with Crippen LogP contribution in [-0.2, 0) is 4.74 Å². The van der Waals surface area contributed by atoms with Gasteiger partial charge in [-0.2, -0.15) is 0 Å². The molecule has 1 amide bonds. The number of benzene rings is 1. The fourth-order valence-electron chi connectivity index (χ4n) is 2.95. The van der Waals surface area contributed by atoms with Crippen LogP contribution in [0.4, 0.5) is 8.78 Å². The van der Waals surface area contributed by atoms with Crippen LogP contribution in [0.3, 0.4) is 0 Å². The van der Waals surface area contributed by atoms with Crippen LogP contribution < -0.4 is 5.32 Å². The van der Waals surface area contributed by atoms with E-state index >= 15 is 0 Å². The summed E-state index contributed by atoms with van der Waals surface area (Å²) in [7, 11) is 0. The first-order valence-electron chi connectivity index (χ1n) is 7.38. The number of rotatable bonds is 2. The monoisotopic (exact) mass is 340 g/mol. The van der Waals surface area contributed by atoms with Crippen molar-refractivity contribution in [3.63, 3.8) is 0 Å².